The quantitative estimate of drug-likeness (QED) is 0.444. The number of amides is 4. The highest BCUT2D eigenvalue weighted by molar-refractivity contribution is 6.39. The second-order valence-corrected chi connectivity index (χ2v) is 10.4. The number of imide groups is 2. The van der Waals surface area contributed by atoms with Crippen molar-refractivity contribution in [3.05, 3.63) is 58.2 Å². The van der Waals surface area contributed by atoms with Gasteiger partial charge in [0.05, 0.1) is 12.8 Å². The molecular formula is C29H35N3O4. The zero-order chi connectivity index (χ0) is 26.4. The number of carbonyl (C=O) groups is 3. The SMILES string of the molecule is CCCN1c2cc(OC)c(/C=C3/C(=O)NC(=O)N(c4ccc(C)c(C)c4)C3=O)cc2C(C)CC1(C)C. The minimum atomic E-state index is -0.756. The molecule has 7 heteroatoms. The summed E-state index contributed by atoms with van der Waals surface area (Å²) in [5.41, 5.74) is 5.20. The molecule has 0 aliphatic carbocycles. The van der Waals surface area contributed by atoms with Crippen molar-refractivity contribution in [3.63, 3.8) is 0 Å². The van der Waals surface area contributed by atoms with Crippen LogP contribution in [0.2, 0.25) is 0 Å². The van der Waals surface area contributed by atoms with Crippen LogP contribution in [0.15, 0.2) is 35.9 Å². The van der Waals surface area contributed by atoms with Gasteiger partial charge in [-0.15, -0.1) is 0 Å². The number of hydrogen-bond acceptors (Lipinski definition) is 5. The number of barbiturate groups is 1. The number of benzene rings is 2. The van der Waals surface area contributed by atoms with Gasteiger partial charge in [0.25, 0.3) is 11.8 Å². The molecule has 1 fully saturated rings. The molecule has 0 spiro atoms. The van der Waals surface area contributed by atoms with Gasteiger partial charge in [0.1, 0.15) is 11.3 Å². The van der Waals surface area contributed by atoms with Crippen LogP contribution in [0.3, 0.4) is 0 Å². The van der Waals surface area contributed by atoms with Gasteiger partial charge >= 0.3 is 6.03 Å². The fourth-order valence-corrected chi connectivity index (χ4v) is 5.38. The Labute approximate surface area is 213 Å². The van der Waals surface area contributed by atoms with Crippen molar-refractivity contribution in [2.45, 2.75) is 65.8 Å². The molecule has 7 nitrogen and oxygen atoms in total. The number of fused-ring (bicyclic) bond motifs is 1. The van der Waals surface area contributed by atoms with Crippen LogP contribution < -0.4 is 19.9 Å². The zero-order valence-corrected chi connectivity index (χ0v) is 22.2. The van der Waals surface area contributed by atoms with Crippen LogP contribution in [0.4, 0.5) is 16.2 Å². The molecule has 0 aromatic heterocycles. The Morgan fingerprint density at radius 2 is 1.83 bits per heavy atom. The molecular weight excluding hydrogens is 454 g/mol. The summed E-state index contributed by atoms with van der Waals surface area (Å²) >= 11 is 0. The molecule has 36 heavy (non-hydrogen) atoms. The highest BCUT2D eigenvalue weighted by Gasteiger charge is 2.39. The Bertz CT molecular complexity index is 1280. The number of rotatable bonds is 5. The van der Waals surface area contributed by atoms with Gasteiger partial charge in [0, 0.05) is 29.4 Å². The van der Waals surface area contributed by atoms with Gasteiger partial charge in [-0.2, -0.15) is 0 Å². The summed E-state index contributed by atoms with van der Waals surface area (Å²) in [6.07, 6.45) is 3.53. The van der Waals surface area contributed by atoms with E-state index in [9.17, 15) is 14.4 Å². The molecule has 1 N–H and O–H groups in total. The molecule has 1 saturated heterocycles. The molecule has 2 aromatic rings. The lowest BCUT2D eigenvalue weighted by Crippen LogP contribution is -2.54. The monoisotopic (exact) mass is 489 g/mol. The Kier molecular flexibility index (Phi) is 6.69. The third-order valence-electron chi connectivity index (χ3n) is 7.33. The Hall–Kier alpha value is -3.61. The lowest BCUT2D eigenvalue weighted by molar-refractivity contribution is -0.122. The predicted molar refractivity (Wildman–Crippen MR) is 143 cm³/mol. The molecule has 1 unspecified atom stereocenters. The van der Waals surface area contributed by atoms with Gasteiger partial charge < -0.3 is 9.64 Å². The van der Waals surface area contributed by atoms with Crippen molar-refractivity contribution in [3.8, 4) is 5.75 Å². The van der Waals surface area contributed by atoms with Gasteiger partial charge in [-0.3, -0.25) is 14.9 Å². The number of hydrogen-bond donors (Lipinski definition) is 1. The van der Waals surface area contributed by atoms with Crippen LogP contribution in [0.25, 0.3) is 6.08 Å². The number of methoxy groups -OCH3 is 1. The summed E-state index contributed by atoms with van der Waals surface area (Å²) in [6.45, 7) is 13.7. The Morgan fingerprint density at radius 3 is 2.47 bits per heavy atom. The molecule has 1 atom stereocenters. The fraction of sp³-hybridized carbons (Fsp3) is 0.414. The van der Waals surface area contributed by atoms with E-state index >= 15 is 0 Å². The van der Waals surface area contributed by atoms with Crippen molar-refractivity contribution in [1.29, 1.82) is 0 Å². The number of nitrogens with zero attached hydrogens (tertiary/aromatic N) is 2. The second kappa shape index (κ2) is 9.45. The summed E-state index contributed by atoms with van der Waals surface area (Å²) in [4.78, 5) is 42.3. The first-order valence-electron chi connectivity index (χ1n) is 12.5. The predicted octanol–water partition coefficient (Wildman–Crippen LogP) is 5.48. The largest absolute Gasteiger partial charge is 0.496 e. The van der Waals surface area contributed by atoms with E-state index < -0.39 is 17.8 Å². The molecule has 2 aromatic carbocycles. The van der Waals surface area contributed by atoms with Crippen molar-refractivity contribution in [2.24, 2.45) is 0 Å². The molecule has 2 aliphatic heterocycles. The van der Waals surface area contributed by atoms with Crippen LogP contribution in [0, 0.1) is 13.8 Å². The summed E-state index contributed by atoms with van der Waals surface area (Å²) in [5.74, 6) is -0.515. The lowest BCUT2D eigenvalue weighted by Gasteiger charge is -2.48. The van der Waals surface area contributed by atoms with Crippen molar-refractivity contribution >= 4 is 35.3 Å². The minimum absolute atomic E-state index is 0.000325. The van der Waals surface area contributed by atoms with E-state index in [0.29, 0.717) is 17.0 Å². The standard InChI is InChI=1S/C29H35N3O4/c1-8-11-31-24-15-25(36-7)20(13-22(24)19(4)16-29(31,5)6)14-23-26(33)30-28(35)32(27(23)34)21-10-9-17(2)18(3)12-21/h9-10,12-15,19H,8,11,16H2,1-7H3,(H,30,33,35)/b23-14-. The smallest absolute Gasteiger partial charge is 0.335 e. The molecule has 190 valence electrons. The number of anilines is 2. The van der Waals surface area contributed by atoms with Gasteiger partial charge in [-0.05, 0) is 87.4 Å². The molecule has 0 saturated carbocycles. The summed E-state index contributed by atoms with van der Waals surface area (Å²) in [5, 5.41) is 2.32. The molecule has 4 amide bonds. The van der Waals surface area contributed by atoms with E-state index in [2.05, 4.69) is 37.9 Å². The van der Waals surface area contributed by atoms with Gasteiger partial charge in [0.2, 0.25) is 0 Å². The van der Waals surface area contributed by atoms with Crippen LogP contribution in [-0.2, 0) is 9.59 Å². The molecule has 0 bridgehead atoms. The van der Waals surface area contributed by atoms with E-state index in [4.69, 9.17) is 4.74 Å². The van der Waals surface area contributed by atoms with E-state index in [1.54, 1.807) is 19.2 Å². The maximum atomic E-state index is 13.4. The third-order valence-corrected chi connectivity index (χ3v) is 7.33. The third kappa shape index (κ3) is 4.38. The molecule has 0 radical (unpaired) electrons. The lowest BCUT2D eigenvalue weighted by atomic mass is 9.79. The minimum Gasteiger partial charge on any atom is -0.496 e. The molecule has 4 rings (SSSR count). The maximum Gasteiger partial charge on any atom is 0.335 e. The average molecular weight is 490 g/mol. The number of nitrogens with one attached hydrogen (secondary N) is 1. The normalized spacial score (nSPS) is 20.5. The Balaban J connectivity index is 1.81. The average Bonchev–Trinajstić information content (AvgIpc) is 2.81. The van der Waals surface area contributed by atoms with Crippen LogP contribution in [0.5, 0.6) is 5.75 Å². The highest BCUT2D eigenvalue weighted by Crippen LogP contribution is 2.46. The van der Waals surface area contributed by atoms with Crippen LogP contribution >= 0.6 is 0 Å². The number of urea groups is 1. The number of carbonyl (C=O) groups excluding carboxylic acids is 3. The molecule has 2 heterocycles. The van der Waals surface area contributed by atoms with Crippen molar-refractivity contribution in [2.75, 3.05) is 23.5 Å². The number of ether oxygens (including phenoxy) is 1. The second-order valence-electron chi connectivity index (χ2n) is 10.4. The van der Waals surface area contributed by atoms with Gasteiger partial charge in [-0.1, -0.05) is 19.9 Å². The summed E-state index contributed by atoms with van der Waals surface area (Å²) in [6, 6.07) is 8.59. The Morgan fingerprint density at radius 1 is 1.11 bits per heavy atom. The summed E-state index contributed by atoms with van der Waals surface area (Å²) < 4.78 is 5.72. The zero-order valence-electron chi connectivity index (χ0n) is 22.2. The maximum absolute atomic E-state index is 13.4. The first-order valence-corrected chi connectivity index (χ1v) is 12.5. The van der Waals surface area contributed by atoms with Gasteiger partial charge in [-0.25, -0.2) is 9.69 Å². The number of aryl methyl sites for hydroxylation is 2. The van der Waals surface area contributed by atoms with E-state index in [1.807, 2.05) is 32.0 Å². The fourth-order valence-electron chi connectivity index (χ4n) is 5.38. The van der Waals surface area contributed by atoms with E-state index in [-0.39, 0.29) is 17.0 Å². The van der Waals surface area contributed by atoms with Gasteiger partial charge in [0.15, 0.2) is 0 Å². The highest BCUT2D eigenvalue weighted by atomic mass is 16.5. The first kappa shape index (κ1) is 25.5. The molecule has 2 aliphatic rings. The van der Waals surface area contributed by atoms with Crippen LogP contribution in [0.1, 0.15) is 68.7 Å². The van der Waals surface area contributed by atoms with Crippen molar-refractivity contribution < 1.29 is 19.1 Å². The van der Waals surface area contributed by atoms with Crippen molar-refractivity contribution in [1.82, 2.24) is 5.32 Å². The summed E-state index contributed by atoms with van der Waals surface area (Å²) in [7, 11) is 1.58. The van der Waals surface area contributed by atoms with E-state index in [0.717, 1.165) is 46.7 Å². The van der Waals surface area contributed by atoms with Crippen LogP contribution in [-0.4, -0.2) is 37.0 Å². The van der Waals surface area contributed by atoms with E-state index in [1.165, 1.54) is 6.08 Å². The first-order chi connectivity index (χ1) is 17.0. The topological polar surface area (TPSA) is 79.0 Å².